The molecule has 2 aromatic heterocycles. The molecule has 3 aromatic rings. The number of rotatable bonds is 3. The molecule has 0 spiro atoms. The fraction of sp³-hybridized carbons (Fsp3) is 0.391. The van der Waals surface area contributed by atoms with Crippen molar-refractivity contribution in [1.29, 1.82) is 0 Å². The summed E-state index contributed by atoms with van der Waals surface area (Å²) in [5, 5.41) is 3.29. The summed E-state index contributed by atoms with van der Waals surface area (Å²) in [5.74, 6) is 0.979. The number of thiazole rings is 1. The van der Waals surface area contributed by atoms with Crippen LogP contribution in [0, 0.1) is 0 Å². The van der Waals surface area contributed by atoms with Crippen molar-refractivity contribution in [3.8, 4) is 11.3 Å². The summed E-state index contributed by atoms with van der Waals surface area (Å²) < 4.78 is 38.4. The van der Waals surface area contributed by atoms with Gasteiger partial charge in [0.05, 0.1) is 5.69 Å². The highest BCUT2D eigenvalue weighted by molar-refractivity contribution is 7.13. The third-order valence-electron chi connectivity index (χ3n) is 6.37. The van der Waals surface area contributed by atoms with Crippen LogP contribution >= 0.6 is 11.3 Å². The largest absolute Gasteiger partial charge is 0.434 e. The maximum Gasteiger partial charge on any atom is 0.434 e. The second-order valence-corrected chi connectivity index (χ2v) is 9.74. The Labute approximate surface area is 209 Å². The topological polar surface area (TPSA) is 104 Å². The molecule has 1 saturated heterocycles. The Morgan fingerprint density at radius 3 is 2.56 bits per heavy atom. The predicted molar refractivity (Wildman–Crippen MR) is 132 cm³/mol. The summed E-state index contributed by atoms with van der Waals surface area (Å²) in [5.41, 5.74) is 8.63. The Hall–Kier alpha value is -3.45. The fourth-order valence-electron chi connectivity index (χ4n) is 4.32. The van der Waals surface area contributed by atoms with E-state index in [2.05, 4.69) is 37.1 Å². The minimum absolute atomic E-state index is 0.0835. The van der Waals surface area contributed by atoms with Gasteiger partial charge in [-0.3, -0.25) is 5.32 Å². The number of carbonyl (C=O) groups excluding carboxylic acids is 1. The predicted octanol–water partition coefficient (Wildman–Crippen LogP) is 3.54. The van der Waals surface area contributed by atoms with Crippen LogP contribution in [0.5, 0.6) is 0 Å². The lowest BCUT2D eigenvalue weighted by molar-refractivity contribution is -0.140. The lowest BCUT2D eigenvalue weighted by Gasteiger charge is -2.33. The first-order chi connectivity index (χ1) is 17.2. The van der Waals surface area contributed by atoms with Crippen LogP contribution in [0.1, 0.15) is 16.8 Å². The molecule has 0 aliphatic carbocycles. The van der Waals surface area contributed by atoms with E-state index in [0.29, 0.717) is 25.2 Å². The zero-order valence-electron chi connectivity index (χ0n) is 19.5. The number of likely N-dealkylation sites (N-methyl/N-ethyl adjacent to an activating group) is 1. The summed E-state index contributed by atoms with van der Waals surface area (Å²) >= 11 is 0.746. The van der Waals surface area contributed by atoms with Crippen LogP contribution in [0.2, 0.25) is 0 Å². The number of urea groups is 1. The van der Waals surface area contributed by atoms with Gasteiger partial charge in [-0.25, -0.2) is 14.8 Å². The Kier molecular flexibility index (Phi) is 6.43. The average Bonchev–Trinajstić information content (AvgIpc) is 3.32. The number of nitrogens with one attached hydrogen (secondary N) is 1. The van der Waals surface area contributed by atoms with Crippen molar-refractivity contribution in [3.05, 3.63) is 46.5 Å². The van der Waals surface area contributed by atoms with E-state index in [9.17, 15) is 18.0 Å². The minimum Gasteiger partial charge on any atom is -0.368 e. The third kappa shape index (κ3) is 5.21. The van der Waals surface area contributed by atoms with Gasteiger partial charge >= 0.3 is 12.2 Å². The Morgan fingerprint density at radius 2 is 1.83 bits per heavy atom. The molecule has 0 saturated carbocycles. The molecular formula is C23H25F3N8OS. The number of nitrogens with zero attached hydrogens (tertiary/aromatic N) is 6. The molecule has 9 nitrogen and oxygen atoms in total. The van der Waals surface area contributed by atoms with Gasteiger partial charge in [-0.05, 0) is 30.7 Å². The van der Waals surface area contributed by atoms with Crippen LogP contribution in [0.15, 0.2) is 29.6 Å². The number of alkyl halides is 3. The fourth-order valence-corrected chi connectivity index (χ4v) is 5.03. The molecule has 36 heavy (non-hydrogen) atoms. The van der Waals surface area contributed by atoms with Crippen LogP contribution in [-0.4, -0.2) is 70.6 Å². The first kappa shape index (κ1) is 24.3. The maximum absolute atomic E-state index is 12.8. The molecule has 0 radical (unpaired) electrons. The van der Waals surface area contributed by atoms with Gasteiger partial charge in [-0.1, -0.05) is 12.1 Å². The van der Waals surface area contributed by atoms with Crippen molar-refractivity contribution in [2.45, 2.75) is 19.1 Å². The molecule has 1 fully saturated rings. The normalized spacial score (nSPS) is 16.7. The van der Waals surface area contributed by atoms with E-state index in [0.717, 1.165) is 65.4 Å². The summed E-state index contributed by atoms with van der Waals surface area (Å²) in [4.78, 5) is 31.1. The summed E-state index contributed by atoms with van der Waals surface area (Å²) in [7, 11) is 2.09. The van der Waals surface area contributed by atoms with Gasteiger partial charge < -0.3 is 20.4 Å². The molecule has 0 atom stereocenters. The van der Waals surface area contributed by atoms with E-state index in [-0.39, 0.29) is 11.1 Å². The standard InChI is InChI=1S/C23H25F3N8OS/c1-32-6-8-33(9-7-32)19-11-17(28-20(27)30-19)15-3-2-14-4-5-34(12-16(14)10-15)22(35)31-21-29-18(13-36-21)23(24,25)26/h2-3,10-11,13H,4-9,12H2,1H3,(H2,27,28,30)(H,29,31,35). The number of aromatic nitrogens is 3. The van der Waals surface area contributed by atoms with Gasteiger partial charge in [-0.2, -0.15) is 18.2 Å². The molecule has 13 heteroatoms. The number of amides is 2. The monoisotopic (exact) mass is 518 g/mol. The number of halogens is 3. The van der Waals surface area contributed by atoms with Gasteiger partial charge in [0.2, 0.25) is 5.95 Å². The number of hydrogen-bond acceptors (Lipinski definition) is 8. The molecule has 2 amide bonds. The zero-order chi connectivity index (χ0) is 25.4. The van der Waals surface area contributed by atoms with Crippen LogP contribution in [0.3, 0.4) is 0 Å². The van der Waals surface area contributed by atoms with E-state index < -0.39 is 17.9 Å². The first-order valence-electron chi connectivity index (χ1n) is 11.4. The Morgan fingerprint density at radius 1 is 1.06 bits per heavy atom. The van der Waals surface area contributed by atoms with Gasteiger partial charge in [0.15, 0.2) is 10.8 Å². The van der Waals surface area contributed by atoms with Crippen molar-refractivity contribution in [2.24, 2.45) is 0 Å². The SMILES string of the molecule is CN1CCN(c2cc(-c3ccc4c(c3)CN(C(=O)Nc3nc(C(F)(F)F)cs3)CC4)nc(N)n2)CC1. The number of piperazine rings is 1. The smallest absolute Gasteiger partial charge is 0.368 e. The van der Waals surface area contributed by atoms with Gasteiger partial charge in [-0.15, -0.1) is 11.3 Å². The average molecular weight is 519 g/mol. The highest BCUT2D eigenvalue weighted by atomic mass is 32.1. The van der Waals surface area contributed by atoms with Crippen molar-refractivity contribution in [3.63, 3.8) is 0 Å². The Balaban J connectivity index is 1.32. The van der Waals surface area contributed by atoms with Crippen LogP contribution in [0.4, 0.5) is 34.9 Å². The highest BCUT2D eigenvalue weighted by Gasteiger charge is 2.34. The summed E-state index contributed by atoms with van der Waals surface area (Å²) in [6.45, 7) is 4.35. The lowest BCUT2D eigenvalue weighted by Crippen LogP contribution is -2.44. The highest BCUT2D eigenvalue weighted by Crippen LogP contribution is 2.32. The summed E-state index contributed by atoms with van der Waals surface area (Å²) in [6, 6.07) is 7.42. The van der Waals surface area contributed by atoms with Crippen molar-refractivity contribution in [1.82, 2.24) is 24.8 Å². The van der Waals surface area contributed by atoms with Gasteiger partial charge in [0, 0.05) is 56.3 Å². The molecule has 0 unspecified atom stereocenters. The zero-order valence-corrected chi connectivity index (χ0v) is 20.4. The van der Waals surface area contributed by atoms with Crippen LogP contribution in [-0.2, 0) is 19.1 Å². The summed E-state index contributed by atoms with van der Waals surface area (Å²) in [6.07, 6.45) is -3.91. The number of benzene rings is 1. The maximum atomic E-state index is 12.8. The first-order valence-corrected chi connectivity index (χ1v) is 12.3. The van der Waals surface area contributed by atoms with E-state index >= 15 is 0 Å². The van der Waals surface area contributed by atoms with Gasteiger partial charge in [0.25, 0.3) is 0 Å². The molecule has 1 aromatic carbocycles. The van der Waals surface area contributed by atoms with E-state index in [4.69, 9.17) is 5.73 Å². The number of fused-ring (bicyclic) bond motifs is 1. The van der Waals surface area contributed by atoms with E-state index in [1.807, 2.05) is 24.3 Å². The molecule has 190 valence electrons. The molecule has 3 N–H and O–H groups in total. The minimum atomic E-state index is -4.55. The molecule has 0 bridgehead atoms. The van der Waals surface area contributed by atoms with E-state index in [1.165, 1.54) is 0 Å². The number of carbonyl (C=O) groups is 1. The van der Waals surface area contributed by atoms with Crippen molar-refractivity contribution in [2.75, 3.05) is 55.7 Å². The molecule has 5 rings (SSSR count). The number of hydrogen-bond donors (Lipinski definition) is 2. The van der Waals surface area contributed by atoms with Crippen molar-refractivity contribution >= 4 is 34.3 Å². The van der Waals surface area contributed by atoms with E-state index in [1.54, 1.807) is 4.90 Å². The molecule has 2 aliphatic rings. The second kappa shape index (κ2) is 9.54. The van der Waals surface area contributed by atoms with Crippen molar-refractivity contribution < 1.29 is 18.0 Å². The molecule has 4 heterocycles. The molecular weight excluding hydrogens is 493 g/mol. The lowest BCUT2D eigenvalue weighted by atomic mass is 9.96. The Bertz CT molecular complexity index is 1270. The van der Waals surface area contributed by atoms with Gasteiger partial charge in [0.1, 0.15) is 5.82 Å². The molecule has 2 aliphatic heterocycles. The quantitative estimate of drug-likeness (QED) is 0.547. The number of nitrogens with two attached hydrogens (primary N) is 1. The number of nitrogen functional groups attached to an aromatic ring is 1. The third-order valence-corrected chi connectivity index (χ3v) is 7.12. The van der Waals surface area contributed by atoms with Crippen LogP contribution in [0.25, 0.3) is 11.3 Å². The number of anilines is 3. The second-order valence-electron chi connectivity index (χ2n) is 8.88. The van der Waals surface area contributed by atoms with Crippen LogP contribution < -0.4 is 16.0 Å².